The Hall–Kier alpha value is -1.08. The lowest BCUT2D eigenvalue weighted by Gasteiger charge is -2.06. The fraction of sp³-hybridized carbons (Fsp3) is 0.667. The van der Waals surface area contributed by atoms with Gasteiger partial charge < -0.3 is 0 Å². The van der Waals surface area contributed by atoms with Gasteiger partial charge in [-0.2, -0.15) is 27.3 Å². The van der Waals surface area contributed by atoms with Crippen LogP contribution in [0.15, 0.2) is 0 Å². The van der Waals surface area contributed by atoms with E-state index in [0.29, 0.717) is 0 Å². The summed E-state index contributed by atoms with van der Waals surface area (Å²) >= 11 is 0. The van der Waals surface area contributed by atoms with E-state index in [1.54, 1.807) is 5.32 Å². The molecule has 3 nitrogen and oxygen atoms in total. The minimum atomic E-state index is -5.02. The van der Waals surface area contributed by atoms with E-state index in [0.717, 1.165) is 0 Å². The molecule has 0 atom stereocenters. The van der Waals surface area contributed by atoms with Crippen LogP contribution in [0, 0.1) is 0 Å². The average molecular weight is 177 g/mol. The molecule has 0 rings (SSSR count). The smallest absolute Gasteiger partial charge is 0.247 e. The Morgan fingerprint density at radius 3 is 2.09 bits per heavy atom. The number of amides is 2. The molecule has 0 aliphatic rings. The first-order valence-electron chi connectivity index (χ1n) is 2.19. The third kappa shape index (κ3) is 6.81. The maximum Gasteiger partial charge on any atom is 0.486 e. The fourth-order valence-electron chi connectivity index (χ4n) is 0.242. The number of carbonyl (C=O) groups is 1. The third-order valence-corrected chi connectivity index (χ3v) is 0.464. The molecule has 0 aromatic rings. The van der Waals surface area contributed by atoms with Gasteiger partial charge in [0.1, 0.15) is 0 Å². The molecule has 2 amide bonds. The van der Waals surface area contributed by atoms with Crippen molar-refractivity contribution in [2.24, 2.45) is 0 Å². The topological polar surface area (TPSA) is 43.2 Å². The van der Waals surface area contributed by atoms with E-state index < -0.39 is 18.9 Å². The molecule has 0 unspecified atom stereocenters. The summed E-state index contributed by atoms with van der Waals surface area (Å²) in [5.74, 6) is 0. The molecule has 0 fully saturated rings. The van der Waals surface area contributed by atoms with Crippen molar-refractivity contribution in [1.82, 2.24) is 10.6 Å². The van der Waals surface area contributed by atoms with Crippen molar-refractivity contribution < 1.29 is 26.7 Å². The van der Waals surface area contributed by atoms with Crippen LogP contribution in [0.1, 0.15) is 0 Å². The Labute approximate surface area is 57.6 Å². The molecule has 0 aliphatic heterocycles. The van der Waals surface area contributed by atoms with Crippen LogP contribution in [-0.2, 0) is 0 Å². The van der Waals surface area contributed by atoms with E-state index in [4.69, 9.17) is 0 Å². The van der Waals surface area contributed by atoms with Gasteiger partial charge >= 0.3 is 18.9 Å². The van der Waals surface area contributed by atoms with Crippen LogP contribution in [0.2, 0.25) is 0 Å². The summed E-state index contributed by atoms with van der Waals surface area (Å²) in [6.07, 6.45) is -5.02. The van der Waals surface area contributed by atoms with Gasteiger partial charge in [0.05, 0.1) is 0 Å². The first-order chi connectivity index (χ1) is 4.81. The summed E-state index contributed by atoms with van der Waals surface area (Å²) in [6.45, 7) is -3.43. The molecule has 65 valence electrons. The van der Waals surface area contributed by atoms with Gasteiger partial charge in [-0.25, -0.2) is 10.1 Å². The van der Waals surface area contributed by atoms with E-state index in [-0.39, 0.29) is 5.32 Å². The molecule has 8 heteroatoms. The zero-order valence-electron chi connectivity index (χ0n) is 4.82. The second kappa shape index (κ2) is 3.35. The minimum absolute atomic E-state index is 0.265. The van der Waals surface area contributed by atoms with E-state index >= 15 is 0 Å². The Balaban J connectivity index is 3.71. The summed E-state index contributed by atoms with van der Waals surface area (Å²) in [7, 11) is 0. The monoisotopic (exact) mass is 177 g/mol. The average Bonchev–Trinajstić information content (AvgIpc) is 1.53. The molecule has 0 spiro atoms. The number of alkyl halides is 5. The van der Waals surface area contributed by atoms with Gasteiger partial charge in [0.25, 0.3) is 0 Å². The zero-order valence-corrected chi connectivity index (χ0v) is 4.82. The second-order valence-corrected chi connectivity index (χ2v) is 1.33. The number of rotatable bonds is 1. The van der Waals surface area contributed by atoms with Crippen molar-refractivity contribution in [3.8, 4) is 0 Å². The van der Waals surface area contributed by atoms with Crippen molar-refractivity contribution in [2.75, 3.05) is 0 Å². The van der Waals surface area contributed by atoms with Crippen LogP contribution in [0.4, 0.5) is 26.7 Å². The first-order valence-corrected chi connectivity index (χ1v) is 2.19. The molecule has 1 N–H and O–H groups in total. The van der Waals surface area contributed by atoms with Crippen LogP contribution in [-0.4, -0.2) is 18.9 Å². The minimum Gasteiger partial charge on any atom is -0.247 e. The summed E-state index contributed by atoms with van der Waals surface area (Å²) in [5, 5.41) is 2.02. The molecule has 11 heavy (non-hydrogen) atoms. The van der Waals surface area contributed by atoms with Gasteiger partial charge in [-0.1, -0.05) is 0 Å². The number of nitrogens with zero attached hydrogens (tertiary/aromatic N) is 1. The van der Waals surface area contributed by atoms with Crippen LogP contribution in [0.5, 0.6) is 0 Å². The van der Waals surface area contributed by atoms with Crippen molar-refractivity contribution in [3.63, 3.8) is 0 Å². The number of carbonyl (C=O) groups excluding carboxylic acids is 1. The van der Waals surface area contributed by atoms with Gasteiger partial charge in [0.15, 0.2) is 0 Å². The van der Waals surface area contributed by atoms with Crippen LogP contribution in [0.3, 0.4) is 0 Å². The summed E-state index contributed by atoms with van der Waals surface area (Å²) in [6, 6.07) is -2.10. The molecule has 0 heterocycles. The summed E-state index contributed by atoms with van der Waals surface area (Å²) in [5.41, 5.74) is 0. The van der Waals surface area contributed by atoms with Gasteiger partial charge in [-0.3, -0.25) is 0 Å². The van der Waals surface area contributed by atoms with E-state index in [9.17, 15) is 26.7 Å². The van der Waals surface area contributed by atoms with Crippen LogP contribution >= 0.6 is 0 Å². The quantitative estimate of drug-likeness (QED) is 0.472. The van der Waals surface area contributed by atoms with Crippen molar-refractivity contribution in [3.05, 3.63) is 0 Å². The fourth-order valence-corrected chi connectivity index (χ4v) is 0.242. The Kier molecular flexibility index (Phi) is 3.02. The SMILES string of the molecule is O=C([N]C(F)F)NC(F)(F)F. The van der Waals surface area contributed by atoms with Crippen molar-refractivity contribution in [2.45, 2.75) is 12.8 Å². The lowest BCUT2D eigenvalue weighted by atomic mass is 10.9. The first kappa shape index (κ1) is 9.92. The molecule has 1 radical (unpaired) electrons. The molecule has 0 bridgehead atoms. The molecule has 0 saturated carbocycles. The lowest BCUT2D eigenvalue weighted by Crippen LogP contribution is -2.42. The largest absolute Gasteiger partial charge is 0.486 e. The molecule has 0 aromatic carbocycles. The van der Waals surface area contributed by atoms with Crippen LogP contribution < -0.4 is 10.6 Å². The number of hydrogen-bond donors (Lipinski definition) is 1. The number of halogens is 5. The molecule has 0 aliphatic carbocycles. The zero-order chi connectivity index (χ0) is 9.07. The van der Waals surface area contributed by atoms with Crippen LogP contribution in [0.25, 0.3) is 0 Å². The van der Waals surface area contributed by atoms with Crippen molar-refractivity contribution >= 4 is 6.03 Å². The second-order valence-electron chi connectivity index (χ2n) is 1.33. The maximum absolute atomic E-state index is 11.1. The predicted octanol–water partition coefficient (Wildman–Crippen LogP) is 1.04. The van der Waals surface area contributed by atoms with Gasteiger partial charge in [0, 0.05) is 0 Å². The highest BCUT2D eigenvalue weighted by Crippen LogP contribution is 2.08. The molecule has 0 aromatic heterocycles. The highest BCUT2D eigenvalue weighted by atomic mass is 19.4. The highest BCUT2D eigenvalue weighted by Gasteiger charge is 2.31. The maximum atomic E-state index is 11.1. The summed E-state index contributed by atoms with van der Waals surface area (Å²) in [4.78, 5) is 9.79. The Morgan fingerprint density at radius 1 is 1.36 bits per heavy atom. The van der Waals surface area contributed by atoms with Gasteiger partial charge in [0.2, 0.25) is 0 Å². The van der Waals surface area contributed by atoms with Crippen molar-refractivity contribution in [1.29, 1.82) is 0 Å². The highest BCUT2D eigenvalue weighted by molar-refractivity contribution is 5.73. The normalized spacial score (nSPS) is 11.5. The molecular formula is C3H2F5N2O. The number of hydrogen-bond acceptors (Lipinski definition) is 1. The number of urea groups is 1. The van der Waals surface area contributed by atoms with Gasteiger partial charge in [-0.05, 0) is 0 Å². The lowest BCUT2D eigenvalue weighted by molar-refractivity contribution is -0.146. The standard InChI is InChI=1S/C3H2F5N2O/c4-1(5)9-2(11)10-3(6,7)8/h1H,(H,10,11). The van der Waals surface area contributed by atoms with Gasteiger partial charge in [-0.15, -0.1) is 0 Å². The third-order valence-electron chi connectivity index (χ3n) is 0.464. The summed E-state index contributed by atoms with van der Waals surface area (Å²) < 4.78 is 55.5. The molecular weight excluding hydrogens is 175 g/mol. The van der Waals surface area contributed by atoms with E-state index in [2.05, 4.69) is 0 Å². The van der Waals surface area contributed by atoms with E-state index in [1.807, 2.05) is 0 Å². The predicted molar refractivity (Wildman–Crippen MR) is 22.7 cm³/mol. The number of nitrogens with one attached hydrogen (secondary N) is 1. The Bertz CT molecular complexity index is 143. The Morgan fingerprint density at radius 2 is 1.82 bits per heavy atom. The molecule has 0 saturated heterocycles. The van der Waals surface area contributed by atoms with E-state index in [1.165, 1.54) is 0 Å².